The topological polar surface area (TPSA) is 172 Å². The molecule has 12 heteroatoms. The molecule has 3 atom stereocenters. The first-order chi connectivity index (χ1) is 20.3. The van der Waals surface area contributed by atoms with Gasteiger partial charge in [0.15, 0.2) is 5.78 Å². The van der Waals surface area contributed by atoms with Crippen molar-refractivity contribution in [3.63, 3.8) is 0 Å². The number of nitrogens with one attached hydrogen (secondary N) is 2. The maximum absolute atomic E-state index is 13.5. The summed E-state index contributed by atoms with van der Waals surface area (Å²) in [5, 5.41) is 5.23. The highest BCUT2D eigenvalue weighted by molar-refractivity contribution is 6.01. The molecule has 3 aromatic rings. The average Bonchev–Trinajstić information content (AvgIpc) is 3.39. The predicted molar refractivity (Wildman–Crippen MR) is 149 cm³/mol. The molecule has 0 aliphatic carbocycles. The van der Waals surface area contributed by atoms with Gasteiger partial charge in [-0.1, -0.05) is 60.7 Å². The Morgan fingerprint density at radius 2 is 1.62 bits per heavy atom. The Labute approximate surface area is 242 Å². The molecule has 2 unspecified atom stereocenters. The summed E-state index contributed by atoms with van der Waals surface area (Å²) >= 11 is 0. The Hall–Kier alpha value is -4.84. The number of amides is 2. The number of ketones is 1. The van der Waals surface area contributed by atoms with E-state index < -0.39 is 47.7 Å². The molecule has 2 heterocycles. The standard InChI is InChI=1S/C30H33N5O7/c31-15-26(36)33-25(14-22-16-35(19-32-22)30(40)42-18-21-10-5-2-6-11-21)27(37)24-13-7-12-23(28(38)34-24)29(39)41-17-20-8-3-1-4-9-20/h1-6,8-11,16,19,23-25H,7,12-15,17-18,31H2,(H,33,36)(H,34,38)/t23?,24?,25-/m0/s1. The number of benzene rings is 2. The second-order valence-corrected chi connectivity index (χ2v) is 9.88. The van der Waals surface area contributed by atoms with Gasteiger partial charge in [0, 0.05) is 12.6 Å². The zero-order valence-electron chi connectivity index (χ0n) is 22.9. The molecule has 2 aromatic carbocycles. The number of aromatic nitrogens is 2. The Morgan fingerprint density at radius 3 is 2.26 bits per heavy atom. The van der Waals surface area contributed by atoms with Crippen molar-refractivity contribution >= 4 is 29.7 Å². The minimum absolute atomic E-state index is 0.0332. The highest BCUT2D eigenvalue weighted by Crippen LogP contribution is 2.20. The van der Waals surface area contributed by atoms with E-state index in [4.69, 9.17) is 15.2 Å². The van der Waals surface area contributed by atoms with E-state index in [2.05, 4.69) is 15.6 Å². The van der Waals surface area contributed by atoms with E-state index in [9.17, 15) is 24.0 Å². The number of ether oxygens (including phenoxy) is 2. The van der Waals surface area contributed by atoms with Gasteiger partial charge in [0.05, 0.1) is 24.3 Å². The maximum Gasteiger partial charge on any atom is 0.419 e. The van der Waals surface area contributed by atoms with Crippen LogP contribution < -0.4 is 16.4 Å². The molecule has 2 amide bonds. The molecular formula is C30H33N5O7. The lowest BCUT2D eigenvalue weighted by Crippen LogP contribution is -2.53. The van der Waals surface area contributed by atoms with Crippen LogP contribution in [0.3, 0.4) is 0 Å². The van der Waals surface area contributed by atoms with Crippen LogP contribution in [0, 0.1) is 5.92 Å². The van der Waals surface area contributed by atoms with Crippen molar-refractivity contribution in [1.29, 1.82) is 0 Å². The number of nitrogens with zero attached hydrogens (tertiary/aromatic N) is 2. The van der Waals surface area contributed by atoms with E-state index in [-0.39, 0.29) is 39.0 Å². The molecule has 1 aliphatic heterocycles. The molecule has 1 fully saturated rings. The zero-order chi connectivity index (χ0) is 29.9. The monoisotopic (exact) mass is 575 g/mol. The number of rotatable bonds is 11. The predicted octanol–water partition coefficient (Wildman–Crippen LogP) is 1.65. The van der Waals surface area contributed by atoms with Crippen LogP contribution in [0.1, 0.15) is 36.1 Å². The summed E-state index contributed by atoms with van der Waals surface area (Å²) in [4.78, 5) is 68.0. The van der Waals surface area contributed by atoms with E-state index in [0.29, 0.717) is 12.1 Å². The quantitative estimate of drug-likeness (QED) is 0.227. The van der Waals surface area contributed by atoms with Crippen LogP contribution in [0.2, 0.25) is 0 Å². The molecule has 0 saturated carbocycles. The third kappa shape index (κ3) is 8.33. The van der Waals surface area contributed by atoms with E-state index >= 15 is 0 Å². The van der Waals surface area contributed by atoms with Crippen molar-refractivity contribution in [3.8, 4) is 0 Å². The number of hydrogen-bond donors (Lipinski definition) is 3. The highest BCUT2D eigenvalue weighted by Gasteiger charge is 2.37. The molecule has 12 nitrogen and oxygen atoms in total. The van der Waals surface area contributed by atoms with Gasteiger partial charge in [-0.15, -0.1) is 0 Å². The number of hydrogen-bond acceptors (Lipinski definition) is 9. The van der Waals surface area contributed by atoms with E-state index in [1.54, 1.807) is 0 Å². The molecule has 4 N–H and O–H groups in total. The van der Waals surface area contributed by atoms with Gasteiger partial charge in [0.1, 0.15) is 25.5 Å². The minimum atomic E-state index is -1.09. The average molecular weight is 576 g/mol. The number of nitrogens with two attached hydrogens (primary N) is 1. The first kappa shape index (κ1) is 30.1. The van der Waals surface area contributed by atoms with Crippen LogP contribution in [0.25, 0.3) is 0 Å². The molecule has 1 aliphatic rings. The van der Waals surface area contributed by atoms with Crippen LogP contribution in [0.5, 0.6) is 0 Å². The Kier molecular flexibility index (Phi) is 10.5. The fourth-order valence-corrected chi connectivity index (χ4v) is 4.56. The lowest BCUT2D eigenvalue weighted by molar-refractivity contribution is -0.154. The second kappa shape index (κ2) is 14.7. The minimum Gasteiger partial charge on any atom is -0.460 e. The van der Waals surface area contributed by atoms with Crippen LogP contribution in [0.15, 0.2) is 73.2 Å². The summed E-state index contributed by atoms with van der Waals surface area (Å²) in [7, 11) is 0. The summed E-state index contributed by atoms with van der Waals surface area (Å²) in [5.74, 6) is -3.37. The van der Waals surface area contributed by atoms with Crippen molar-refractivity contribution in [2.75, 3.05) is 6.54 Å². The van der Waals surface area contributed by atoms with Gasteiger partial charge in [-0.05, 0) is 30.4 Å². The smallest absolute Gasteiger partial charge is 0.419 e. The van der Waals surface area contributed by atoms with Crippen molar-refractivity contribution < 1.29 is 33.4 Å². The maximum atomic E-state index is 13.5. The van der Waals surface area contributed by atoms with Crippen LogP contribution in [-0.2, 0) is 48.3 Å². The summed E-state index contributed by atoms with van der Waals surface area (Å²) in [6.45, 7) is -0.245. The molecule has 4 rings (SSSR count). The number of imidazole rings is 1. The van der Waals surface area contributed by atoms with Gasteiger partial charge in [-0.3, -0.25) is 19.2 Å². The highest BCUT2D eigenvalue weighted by atomic mass is 16.5. The summed E-state index contributed by atoms with van der Waals surface area (Å²) in [6.07, 6.45) is 2.84. The summed E-state index contributed by atoms with van der Waals surface area (Å²) in [6, 6.07) is 16.2. The molecule has 0 spiro atoms. The third-order valence-corrected chi connectivity index (χ3v) is 6.80. The second-order valence-electron chi connectivity index (χ2n) is 9.88. The Bertz CT molecular complexity index is 1390. The van der Waals surface area contributed by atoms with Gasteiger partial charge in [0.25, 0.3) is 0 Å². The largest absolute Gasteiger partial charge is 0.460 e. The molecule has 0 bridgehead atoms. The Balaban J connectivity index is 1.37. The number of carbonyl (C=O) groups excluding carboxylic acids is 5. The van der Waals surface area contributed by atoms with Crippen LogP contribution >= 0.6 is 0 Å². The first-order valence-corrected chi connectivity index (χ1v) is 13.6. The number of Topliss-reactive ketones (excluding diaryl/α,β-unsaturated/α-hetero) is 1. The van der Waals surface area contributed by atoms with Crippen molar-refractivity contribution in [3.05, 3.63) is 90.0 Å². The summed E-state index contributed by atoms with van der Waals surface area (Å²) in [5.41, 5.74) is 7.41. The number of carbonyl (C=O) groups is 5. The molecular weight excluding hydrogens is 542 g/mol. The van der Waals surface area contributed by atoms with E-state index in [1.807, 2.05) is 60.7 Å². The lowest BCUT2D eigenvalue weighted by Gasteiger charge is -2.23. The van der Waals surface area contributed by atoms with Gasteiger partial charge < -0.3 is 25.8 Å². The fourth-order valence-electron chi connectivity index (χ4n) is 4.56. The molecule has 220 valence electrons. The molecule has 42 heavy (non-hydrogen) atoms. The first-order valence-electron chi connectivity index (χ1n) is 13.6. The van der Waals surface area contributed by atoms with Crippen LogP contribution in [0.4, 0.5) is 4.79 Å². The molecule has 1 saturated heterocycles. The number of esters is 1. The van der Waals surface area contributed by atoms with Crippen LogP contribution in [-0.4, -0.2) is 57.8 Å². The normalized spacial score (nSPS) is 17.3. The lowest BCUT2D eigenvalue weighted by atomic mass is 9.97. The van der Waals surface area contributed by atoms with Crippen molar-refractivity contribution in [2.24, 2.45) is 11.7 Å². The molecule has 1 aromatic heterocycles. The van der Waals surface area contributed by atoms with Crippen molar-refractivity contribution in [1.82, 2.24) is 20.2 Å². The third-order valence-electron chi connectivity index (χ3n) is 6.80. The Morgan fingerprint density at radius 1 is 0.976 bits per heavy atom. The van der Waals surface area contributed by atoms with E-state index in [0.717, 1.165) is 15.7 Å². The fraction of sp³-hybridized carbons (Fsp3) is 0.333. The van der Waals surface area contributed by atoms with Gasteiger partial charge in [-0.25, -0.2) is 14.3 Å². The SMILES string of the molecule is NCC(=O)N[C@@H](Cc1cn(C(=O)OCc2ccccc2)cn1)C(=O)C1CCCC(C(=O)OCc2ccccc2)C(=O)N1. The molecule has 0 radical (unpaired) electrons. The summed E-state index contributed by atoms with van der Waals surface area (Å²) < 4.78 is 11.8. The van der Waals surface area contributed by atoms with Crippen molar-refractivity contribution in [2.45, 2.75) is 51.0 Å². The van der Waals surface area contributed by atoms with Gasteiger partial charge in [0.2, 0.25) is 11.8 Å². The van der Waals surface area contributed by atoms with Gasteiger partial charge in [-0.2, -0.15) is 0 Å². The van der Waals surface area contributed by atoms with Gasteiger partial charge >= 0.3 is 12.1 Å². The zero-order valence-corrected chi connectivity index (χ0v) is 22.9. The van der Waals surface area contributed by atoms with E-state index in [1.165, 1.54) is 12.5 Å².